The average molecular weight is 528 g/mol. The standard InChI is InChI=1S/C29H41N3O6/c1-28(2,3)24-25(33)32-16-21(14-23(32)36-6)38-27(35)31-15-20-12-9-11-19(22(20)17-31)10-7-8-13-29(4,5)18-37-26(34)30-24/h7,9-12,21,23-24H,8,13-18H2,1-6H3,(H,30,34)/b10-7+/t21-,23-,24-/m1/s1. The molecule has 0 aliphatic carbocycles. The molecule has 3 atom stereocenters. The zero-order valence-electron chi connectivity index (χ0n) is 23.4. The lowest BCUT2D eigenvalue weighted by molar-refractivity contribution is -0.144. The molecule has 3 aliphatic heterocycles. The van der Waals surface area contributed by atoms with Gasteiger partial charge in [-0.05, 0) is 40.4 Å². The van der Waals surface area contributed by atoms with Gasteiger partial charge in [0.1, 0.15) is 18.4 Å². The lowest BCUT2D eigenvalue weighted by Gasteiger charge is -2.35. The van der Waals surface area contributed by atoms with Crippen molar-refractivity contribution < 1.29 is 28.6 Å². The molecule has 0 saturated carbocycles. The van der Waals surface area contributed by atoms with Gasteiger partial charge in [0.05, 0.1) is 19.7 Å². The minimum Gasteiger partial charge on any atom is -0.449 e. The summed E-state index contributed by atoms with van der Waals surface area (Å²) < 4.78 is 17.0. The number of amides is 3. The summed E-state index contributed by atoms with van der Waals surface area (Å²) in [4.78, 5) is 42.9. The fraction of sp³-hybridized carbons (Fsp3) is 0.621. The molecule has 4 rings (SSSR count). The summed E-state index contributed by atoms with van der Waals surface area (Å²) in [5, 5.41) is 2.79. The quantitative estimate of drug-likeness (QED) is 0.569. The fourth-order valence-electron chi connectivity index (χ4n) is 5.25. The average Bonchev–Trinajstić information content (AvgIpc) is 3.47. The number of carbonyl (C=O) groups excluding carboxylic acids is 3. The summed E-state index contributed by atoms with van der Waals surface area (Å²) in [6.45, 7) is 11.2. The summed E-state index contributed by atoms with van der Waals surface area (Å²) in [6, 6.07) is 5.27. The summed E-state index contributed by atoms with van der Waals surface area (Å²) >= 11 is 0. The molecule has 0 spiro atoms. The molecule has 3 heterocycles. The minimum atomic E-state index is -0.842. The van der Waals surface area contributed by atoms with Crippen LogP contribution in [0.1, 0.15) is 70.6 Å². The first-order chi connectivity index (χ1) is 17.9. The number of nitrogens with zero attached hydrogens (tertiary/aromatic N) is 2. The van der Waals surface area contributed by atoms with Crippen LogP contribution in [-0.2, 0) is 32.1 Å². The van der Waals surface area contributed by atoms with Crippen molar-refractivity contribution in [2.24, 2.45) is 10.8 Å². The van der Waals surface area contributed by atoms with E-state index in [1.165, 1.54) is 7.11 Å². The summed E-state index contributed by atoms with van der Waals surface area (Å²) in [5.74, 6) is -0.295. The molecule has 38 heavy (non-hydrogen) atoms. The van der Waals surface area contributed by atoms with Crippen LogP contribution in [0.5, 0.6) is 0 Å². The first-order valence-electron chi connectivity index (χ1n) is 13.4. The Bertz CT molecular complexity index is 1090. The number of hydrogen-bond acceptors (Lipinski definition) is 6. The molecule has 3 aliphatic rings. The third kappa shape index (κ3) is 6.31. The van der Waals surface area contributed by atoms with Crippen molar-refractivity contribution in [2.45, 2.75) is 85.3 Å². The molecule has 1 N–H and O–H groups in total. The molecule has 9 nitrogen and oxygen atoms in total. The smallest absolute Gasteiger partial charge is 0.410 e. The number of alkyl carbamates (subject to hydrolysis) is 1. The van der Waals surface area contributed by atoms with Gasteiger partial charge >= 0.3 is 12.2 Å². The minimum absolute atomic E-state index is 0.189. The van der Waals surface area contributed by atoms with Gasteiger partial charge in [0.15, 0.2) is 0 Å². The topological polar surface area (TPSA) is 97.4 Å². The molecule has 208 valence electrons. The molecule has 4 bridgehead atoms. The van der Waals surface area contributed by atoms with Crippen molar-refractivity contribution in [3.63, 3.8) is 0 Å². The summed E-state index contributed by atoms with van der Waals surface area (Å²) in [6.07, 6.45) is 4.10. The maximum Gasteiger partial charge on any atom is 0.410 e. The molecule has 0 unspecified atom stereocenters. The van der Waals surface area contributed by atoms with Crippen LogP contribution >= 0.6 is 0 Å². The third-order valence-corrected chi connectivity index (χ3v) is 7.57. The monoisotopic (exact) mass is 527 g/mol. The molecular formula is C29H41N3O6. The van der Waals surface area contributed by atoms with Gasteiger partial charge in [-0.1, -0.05) is 65.0 Å². The second kappa shape index (κ2) is 11.0. The molecule has 0 aromatic heterocycles. The number of benzene rings is 1. The highest BCUT2D eigenvalue weighted by Crippen LogP contribution is 2.31. The number of cyclic esters (lactones) is 1. The molecule has 9 heteroatoms. The number of allylic oxidation sites excluding steroid dienone is 1. The van der Waals surface area contributed by atoms with E-state index in [0.717, 1.165) is 29.5 Å². The number of methoxy groups -OCH3 is 1. The maximum atomic E-state index is 13.7. The second-order valence-electron chi connectivity index (χ2n) is 12.4. The van der Waals surface area contributed by atoms with E-state index in [4.69, 9.17) is 14.2 Å². The Balaban J connectivity index is 1.61. The highest BCUT2D eigenvalue weighted by molar-refractivity contribution is 5.87. The number of hydrogen-bond donors (Lipinski definition) is 1. The predicted molar refractivity (Wildman–Crippen MR) is 143 cm³/mol. The number of fused-ring (bicyclic) bond motifs is 3. The van der Waals surface area contributed by atoms with Crippen LogP contribution in [0.4, 0.5) is 9.59 Å². The number of carbonyl (C=O) groups is 3. The van der Waals surface area contributed by atoms with Gasteiger partial charge in [-0.15, -0.1) is 0 Å². The first-order valence-corrected chi connectivity index (χ1v) is 13.4. The Morgan fingerprint density at radius 3 is 2.61 bits per heavy atom. The molecule has 1 fully saturated rings. The largest absolute Gasteiger partial charge is 0.449 e. The molecule has 1 aromatic rings. The number of rotatable bonds is 1. The number of ether oxygens (including phenoxy) is 3. The Morgan fingerprint density at radius 2 is 1.89 bits per heavy atom. The van der Waals surface area contributed by atoms with Gasteiger partial charge in [-0.3, -0.25) is 9.69 Å². The molecular weight excluding hydrogens is 486 g/mol. The van der Waals surface area contributed by atoms with E-state index in [2.05, 4.69) is 37.4 Å². The van der Waals surface area contributed by atoms with Crippen LogP contribution in [0, 0.1) is 10.8 Å². The summed E-state index contributed by atoms with van der Waals surface area (Å²) in [7, 11) is 1.53. The van der Waals surface area contributed by atoms with E-state index in [1.54, 1.807) is 9.80 Å². The van der Waals surface area contributed by atoms with Crippen molar-refractivity contribution in [1.29, 1.82) is 0 Å². The van der Waals surface area contributed by atoms with Crippen molar-refractivity contribution in [3.8, 4) is 0 Å². The van der Waals surface area contributed by atoms with Crippen molar-refractivity contribution >= 4 is 24.2 Å². The highest BCUT2D eigenvalue weighted by Gasteiger charge is 2.44. The van der Waals surface area contributed by atoms with E-state index in [9.17, 15) is 14.4 Å². The van der Waals surface area contributed by atoms with Gasteiger partial charge < -0.3 is 24.4 Å². The van der Waals surface area contributed by atoms with Crippen LogP contribution < -0.4 is 5.32 Å². The van der Waals surface area contributed by atoms with E-state index < -0.39 is 36.0 Å². The van der Waals surface area contributed by atoms with Crippen molar-refractivity contribution in [1.82, 2.24) is 15.1 Å². The Morgan fingerprint density at radius 1 is 1.13 bits per heavy atom. The van der Waals surface area contributed by atoms with Gasteiger partial charge in [0, 0.05) is 20.1 Å². The second-order valence-corrected chi connectivity index (χ2v) is 12.4. The van der Waals surface area contributed by atoms with Crippen molar-refractivity contribution in [2.75, 3.05) is 20.3 Å². The zero-order valence-corrected chi connectivity index (χ0v) is 23.4. The van der Waals surface area contributed by atoms with E-state index >= 15 is 0 Å². The predicted octanol–water partition coefficient (Wildman–Crippen LogP) is 4.69. The summed E-state index contributed by atoms with van der Waals surface area (Å²) in [5.41, 5.74) is 2.50. The molecule has 1 saturated heterocycles. The molecule has 1 aromatic carbocycles. The highest BCUT2D eigenvalue weighted by atomic mass is 16.6. The maximum absolute atomic E-state index is 13.7. The number of nitrogens with one attached hydrogen (secondary N) is 1. The van der Waals surface area contributed by atoms with Crippen LogP contribution in [0.15, 0.2) is 24.3 Å². The fourth-order valence-corrected chi connectivity index (χ4v) is 5.25. The van der Waals surface area contributed by atoms with Crippen LogP contribution in [0.3, 0.4) is 0 Å². The lowest BCUT2D eigenvalue weighted by Crippen LogP contribution is -2.56. The van der Waals surface area contributed by atoms with Gasteiger partial charge in [0.25, 0.3) is 0 Å². The van der Waals surface area contributed by atoms with E-state index in [-0.39, 0.29) is 24.5 Å². The molecule has 3 amide bonds. The van der Waals surface area contributed by atoms with Gasteiger partial charge in [0.2, 0.25) is 5.91 Å². The Hall–Kier alpha value is -3.07. The Kier molecular flexibility index (Phi) is 8.06. The van der Waals surface area contributed by atoms with E-state index in [0.29, 0.717) is 19.5 Å². The van der Waals surface area contributed by atoms with Gasteiger partial charge in [-0.25, -0.2) is 9.59 Å². The van der Waals surface area contributed by atoms with Gasteiger partial charge in [-0.2, -0.15) is 0 Å². The van der Waals surface area contributed by atoms with Crippen LogP contribution in [0.25, 0.3) is 6.08 Å². The zero-order chi connectivity index (χ0) is 27.7. The first kappa shape index (κ1) is 28.0. The lowest BCUT2D eigenvalue weighted by atomic mass is 9.86. The Labute approximate surface area is 225 Å². The van der Waals surface area contributed by atoms with Crippen LogP contribution in [-0.4, -0.2) is 66.5 Å². The SMILES string of the molecule is CO[C@@H]1C[C@@H]2CN1C(=O)[C@H](C(C)(C)C)NC(=O)OCC(C)(C)CC/C=C/c1cccc3c1CN(C3)C(=O)O2. The molecule has 0 radical (unpaired) electrons. The van der Waals surface area contributed by atoms with E-state index in [1.807, 2.05) is 32.9 Å². The van der Waals surface area contributed by atoms with Crippen molar-refractivity contribution in [3.05, 3.63) is 41.0 Å². The third-order valence-electron chi connectivity index (χ3n) is 7.57. The normalized spacial score (nSPS) is 27.4. The van der Waals surface area contributed by atoms with Crippen LogP contribution in [0.2, 0.25) is 0 Å².